The zero-order chi connectivity index (χ0) is 8.55. The molecule has 1 heterocycles. The second-order valence-electron chi connectivity index (χ2n) is 3.16. The van der Waals surface area contributed by atoms with Crippen molar-refractivity contribution < 1.29 is 0 Å². The minimum atomic E-state index is 0.861. The maximum Gasteiger partial charge on any atom is 0.208 e. The highest BCUT2D eigenvalue weighted by molar-refractivity contribution is 9.11. The number of hydrogen-bond acceptors (Lipinski definition) is 4. The molecule has 0 spiro atoms. The molecule has 0 radical (unpaired) electrons. The fourth-order valence-corrected chi connectivity index (χ4v) is 2.18. The van der Waals surface area contributed by atoms with Crippen molar-refractivity contribution in [2.75, 3.05) is 18.5 Å². The van der Waals surface area contributed by atoms with Gasteiger partial charge in [-0.25, -0.2) is 0 Å². The Kier molecular flexibility index (Phi) is 2.32. The molecule has 0 atom stereocenters. The van der Waals surface area contributed by atoms with E-state index in [1.165, 1.54) is 12.8 Å². The Balaban J connectivity index is 1.97. The Hall–Kier alpha value is -0.160. The van der Waals surface area contributed by atoms with Crippen molar-refractivity contribution in [2.24, 2.45) is 5.92 Å². The SMILES string of the molecule is CN(CC1CC1)c1nnc(Br)s1. The number of rotatable bonds is 3. The summed E-state index contributed by atoms with van der Waals surface area (Å²) in [4.78, 5) is 2.18. The third-order valence-corrected chi connectivity index (χ3v) is 3.42. The summed E-state index contributed by atoms with van der Waals surface area (Å²) < 4.78 is 0.861. The molecule has 0 N–H and O–H groups in total. The Labute approximate surface area is 83.9 Å². The van der Waals surface area contributed by atoms with Crippen LogP contribution in [0.15, 0.2) is 3.92 Å². The van der Waals surface area contributed by atoms with Crippen molar-refractivity contribution in [3.63, 3.8) is 0 Å². The Morgan fingerprint density at radius 2 is 2.33 bits per heavy atom. The van der Waals surface area contributed by atoms with Crippen LogP contribution in [0.5, 0.6) is 0 Å². The molecule has 1 aliphatic rings. The number of anilines is 1. The second kappa shape index (κ2) is 3.30. The zero-order valence-electron chi connectivity index (χ0n) is 6.83. The van der Waals surface area contributed by atoms with Crippen LogP contribution in [0.25, 0.3) is 0 Å². The maximum atomic E-state index is 4.04. The van der Waals surface area contributed by atoms with E-state index < -0.39 is 0 Å². The molecule has 1 fully saturated rings. The highest BCUT2D eigenvalue weighted by Crippen LogP contribution is 2.32. The molecule has 0 aliphatic heterocycles. The largest absolute Gasteiger partial charge is 0.349 e. The van der Waals surface area contributed by atoms with Gasteiger partial charge in [0.2, 0.25) is 5.13 Å². The lowest BCUT2D eigenvalue weighted by Crippen LogP contribution is -2.19. The lowest BCUT2D eigenvalue weighted by Gasteiger charge is -2.13. The standard InChI is InChI=1S/C7H10BrN3S/c1-11(4-5-2-3-5)7-10-9-6(8)12-7/h5H,2-4H2,1H3. The summed E-state index contributed by atoms with van der Waals surface area (Å²) in [6, 6.07) is 0. The molecule has 0 unspecified atom stereocenters. The molecule has 1 aromatic heterocycles. The van der Waals surface area contributed by atoms with E-state index in [1.54, 1.807) is 11.3 Å². The average Bonchev–Trinajstić information content (AvgIpc) is 2.72. The summed E-state index contributed by atoms with van der Waals surface area (Å²) in [6.45, 7) is 1.13. The summed E-state index contributed by atoms with van der Waals surface area (Å²) in [6.07, 6.45) is 2.76. The normalized spacial score (nSPS) is 16.5. The fourth-order valence-electron chi connectivity index (χ4n) is 1.12. The molecule has 1 aliphatic carbocycles. The van der Waals surface area contributed by atoms with Gasteiger partial charge in [0.25, 0.3) is 0 Å². The fraction of sp³-hybridized carbons (Fsp3) is 0.714. The Bertz CT molecular complexity index is 271. The number of aromatic nitrogens is 2. The molecule has 3 nitrogen and oxygen atoms in total. The summed E-state index contributed by atoms with van der Waals surface area (Å²) >= 11 is 4.89. The van der Waals surface area contributed by atoms with Crippen LogP contribution >= 0.6 is 27.3 Å². The monoisotopic (exact) mass is 247 g/mol. The van der Waals surface area contributed by atoms with Crippen LogP contribution < -0.4 is 4.90 Å². The lowest BCUT2D eigenvalue weighted by molar-refractivity contribution is 0.778. The van der Waals surface area contributed by atoms with Gasteiger partial charge in [0.05, 0.1) is 0 Å². The highest BCUT2D eigenvalue weighted by Gasteiger charge is 2.23. The van der Waals surface area contributed by atoms with Crippen molar-refractivity contribution in [3.05, 3.63) is 3.92 Å². The average molecular weight is 248 g/mol. The molecular formula is C7H10BrN3S. The van der Waals surface area contributed by atoms with E-state index in [2.05, 4.69) is 38.1 Å². The molecule has 12 heavy (non-hydrogen) atoms. The summed E-state index contributed by atoms with van der Waals surface area (Å²) in [7, 11) is 2.07. The van der Waals surface area contributed by atoms with Crippen LogP contribution in [-0.4, -0.2) is 23.8 Å². The smallest absolute Gasteiger partial charge is 0.208 e. The van der Waals surface area contributed by atoms with E-state index in [-0.39, 0.29) is 0 Å². The van der Waals surface area contributed by atoms with Gasteiger partial charge < -0.3 is 4.90 Å². The number of nitrogens with zero attached hydrogens (tertiary/aromatic N) is 3. The summed E-state index contributed by atoms with van der Waals surface area (Å²) in [5.74, 6) is 0.901. The molecule has 0 saturated heterocycles. The Morgan fingerprint density at radius 1 is 1.58 bits per heavy atom. The van der Waals surface area contributed by atoms with Gasteiger partial charge in [-0.05, 0) is 34.7 Å². The first-order valence-electron chi connectivity index (χ1n) is 3.96. The third-order valence-electron chi connectivity index (χ3n) is 1.95. The van der Waals surface area contributed by atoms with Crippen LogP contribution in [0.3, 0.4) is 0 Å². The van der Waals surface area contributed by atoms with Crippen molar-refractivity contribution in [1.82, 2.24) is 10.2 Å². The molecule has 1 aromatic rings. The molecular weight excluding hydrogens is 238 g/mol. The zero-order valence-corrected chi connectivity index (χ0v) is 9.23. The molecule has 0 amide bonds. The Morgan fingerprint density at radius 3 is 2.83 bits per heavy atom. The number of halogens is 1. The predicted molar refractivity (Wildman–Crippen MR) is 53.6 cm³/mol. The van der Waals surface area contributed by atoms with Gasteiger partial charge >= 0.3 is 0 Å². The van der Waals surface area contributed by atoms with E-state index in [4.69, 9.17) is 0 Å². The maximum absolute atomic E-state index is 4.04. The first kappa shape index (κ1) is 8.44. The lowest BCUT2D eigenvalue weighted by atomic mass is 10.4. The summed E-state index contributed by atoms with van der Waals surface area (Å²) in [5.41, 5.74) is 0. The van der Waals surface area contributed by atoms with Gasteiger partial charge in [-0.2, -0.15) is 0 Å². The van der Waals surface area contributed by atoms with E-state index in [9.17, 15) is 0 Å². The predicted octanol–water partition coefficient (Wildman–Crippen LogP) is 2.15. The van der Waals surface area contributed by atoms with Gasteiger partial charge in [0.1, 0.15) is 0 Å². The van der Waals surface area contributed by atoms with Gasteiger partial charge in [0, 0.05) is 13.6 Å². The van der Waals surface area contributed by atoms with E-state index >= 15 is 0 Å². The van der Waals surface area contributed by atoms with Gasteiger partial charge in [-0.1, -0.05) is 11.3 Å². The van der Waals surface area contributed by atoms with Crippen LogP contribution in [-0.2, 0) is 0 Å². The minimum absolute atomic E-state index is 0.861. The third kappa shape index (κ3) is 1.95. The van der Waals surface area contributed by atoms with E-state index in [0.717, 1.165) is 21.5 Å². The molecule has 1 saturated carbocycles. The van der Waals surface area contributed by atoms with Crippen molar-refractivity contribution in [3.8, 4) is 0 Å². The van der Waals surface area contributed by atoms with Crippen LogP contribution in [0, 0.1) is 5.92 Å². The topological polar surface area (TPSA) is 29.0 Å². The highest BCUT2D eigenvalue weighted by atomic mass is 79.9. The van der Waals surface area contributed by atoms with E-state index in [0.29, 0.717) is 0 Å². The van der Waals surface area contributed by atoms with Crippen molar-refractivity contribution in [2.45, 2.75) is 12.8 Å². The molecule has 66 valence electrons. The van der Waals surface area contributed by atoms with Gasteiger partial charge in [-0.3, -0.25) is 0 Å². The van der Waals surface area contributed by atoms with Gasteiger partial charge in [-0.15, -0.1) is 10.2 Å². The minimum Gasteiger partial charge on any atom is -0.349 e. The molecule has 5 heteroatoms. The van der Waals surface area contributed by atoms with Crippen LogP contribution in [0.2, 0.25) is 0 Å². The first-order valence-corrected chi connectivity index (χ1v) is 5.57. The second-order valence-corrected chi connectivity index (χ2v) is 5.39. The van der Waals surface area contributed by atoms with E-state index in [1.807, 2.05) is 0 Å². The number of hydrogen-bond donors (Lipinski definition) is 0. The van der Waals surface area contributed by atoms with Crippen molar-refractivity contribution >= 4 is 32.4 Å². The quantitative estimate of drug-likeness (QED) is 0.820. The van der Waals surface area contributed by atoms with Crippen LogP contribution in [0.4, 0.5) is 5.13 Å². The summed E-state index contributed by atoms with van der Waals surface area (Å²) in [5, 5.41) is 8.96. The van der Waals surface area contributed by atoms with Crippen LogP contribution in [0.1, 0.15) is 12.8 Å². The molecule has 2 rings (SSSR count). The van der Waals surface area contributed by atoms with Gasteiger partial charge in [0.15, 0.2) is 3.92 Å². The first-order chi connectivity index (χ1) is 5.75. The molecule has 0 aromatic carbocycles. The molecule has 0 bridgehead atoms. The van der Waals surface area contributed by atoms with Crippen molar-refractivity contribution in [1.29, 1.82) is 0 Å².